The van der Waals surface area contributed by atoms with Gasteiger partial charge in [0.15, 0.2) is 0 Å². The summed E-state index contributed by atoms with van der Waals surface area (Å²) in [7, 11) is 0. The quantitative estimate of drug-likeness (QED) is 0.732. The van der Waals surface area contributed by atoms with Crippen LogP contribution in [0.15, 0.2) is 18.2 Å². The zero-order valence-corrected chi connectivity index (χ0v) is 12.5. The van der Waals surface area contributed by atoms with Gasteiger partial charge in [-0.2, -0.15) is 0 Å². The molecule has 1 aliphatic rings. The minimum Gasteiger partial charge on any atom is -0.295 e. The molecule has 1 aromatic carbocycles. The van der Waals surface area contributed by atoms with Gasteiger partial charge < -0.3 is 0 Å². The van der Waals surface area contributed by atoms with Crippen LogP contribution in [-0.2, 0) is 6.54 Å². The van der Waals surface area contributed by atoms with E-state index in [1.54, 1.807) is 0 Å². The molecule has 1 aliphatic heterocycles. The third-order valence-corrected chi connectivity index (χ3v) is 4.47. The lowest BCUT2D eigenvalue weighted by Crippen LogP contribution is -2.35. The van der Waals surface area contributed by atoms with E-state index >= 15 is 0 Å². The van der Waals surface area contributed by atoms with E-state index in [-0.39, 0.29) is 0 Å². The summed E-state index contributed by atoms with van der Waals surface area (Å²) in [4.78, 5) is 2.50. The van der Waals surface area contributed by atoms with Gasteiger partial charge in [0, 0.05) is 23.5 Å². The Morgan fingerprint density at radius 2 is 2.11 bits per heavy atom. The summed E-state index contributed by atoms with van der Waals surface area (Å²) in [5.74, 6) is 0.726. The zero-order chi connectivity index (χ0) is 13.0. The molecule has 1 atom stereocenters. The van der Waals surface area contributed by atoms with E-state index in [2.05, 4.69) is 24.0 Å². The largest absolute Gasteiger partial charge is 0.295 e. The number of hydrogen-bond donors (Lipinski definition) is 0. The van der Waals surface area contributed by atoms with Gasteiger partial charge in [-0.1, -0.05) is 36.6 Å². The van der Waals surface area contributed by atoms with Crippen LogP contribution in [0.5, 0.6) is 0 Å². The van der Waals surface area contributed by atoms with E-state index in [4.69, 9.17) is 23.2 Å². The number of nitrogens with zero attached hydrogens (tertiary/aromatic N) is 1. The third-order valence-electron chi connectivity index (χ3n) is 3.76. The number of hydrogen-bond acceptors (Lipinski definition) is 1. The molecule has 0 aromatic heterocycles. The van der Waals surface area contributed by atoms with Gasteiger partial charge in [0.2, 0.25) is 0 Å². The SMILES string of the molecule is Cc1ccc(CN2CCCCCC2CCl)c(Cl)c1. The van der Waals surface area contributed by atoms with Crippen LogP contribution in [0.3, 0.4) is 0 Å². The normalized spacial score (nSPS) is 21.8. The molecule has 0 bridgehead atoms. The molecular formula is C15H21Cl2N. The van der Waals surface area contributed by atoms with Gasteiger partial charge in [-0.15, -0.1) is 11.6 Å². The second-order valence-electron chi connectivity index (χ2n) is 5.22. The van der Waals surface area contributed by atoms with Crippen LogP contribution in [0.4, 0.5) is 0 Å². The summed E-state index contributed by atoms with van der Waals surface area (Å²) in [5.41, 5.74) is 2.44. The van der Waals surface area contributed by atoms with Crippen molar-refractivity contribution in [1.82, 2.24) is 4.90 Å². The molecule has 0 saturated carbocycles. The van der Waals surface area contributed by atoms with Crippen LogP contribution in [0.2, 0.25) is 5.02 Å². The van der Waals surface area contributed by atoms with Crippen LogP contribution < -0.4 is 0 Å². The Bertz CT molecular complexity index is 392. The molecule has 0 spiro atoms. The lowest BCUT2D eigenvalue weighted by atomic mass is 10.1. The Kier molecular flexibility index (Phi) is 5.35. The predicted molar refractivity (Wildman–Crippen MR) is 79.6 cm³/mol. The van der Waals surface area contributed by atoms with Crippen LogP contribution in [0.1, 0.15) is 36.8 Å². The van der Waals surface area contributed by atoms with E-state index < -0.39 is 0 Å². The Balaban J connectivity index is 2.10. The van der Waals surface area contributed by atoms with Gasteiger partial charge in [-0.05, 0) is 43.5 Å². The lowest BCUT2D eigenvalue weighted by Gasteiger charge is -2.28. The molecule has 100 valence electrons. The van der Waals surface area contributed by atoms with Crippen LogP contribution in [0, 0.1) is 6.92 Å². The molecule has 0 radical (unpaired) electrons. The summed E-state index contributed by atoms with van der Waals surface area (Å²) in [6.45, 7) is 4.14. The highest BCUT2D eigenvalue weighted by atomic mass is 35.5. The molecule has 1 nitrogen and oxygen atoms in total. The van der Waals surface area contributed by atoms with Crippen molar-refractivity contribution in [2.45, 2.75) is 45.2 Å². The average molecular weight is 286 g/mol. The highest BCUT2D eigenvalue weighted by Crippen LogP contribution is 2.24. The first-order chi connectivity index (χ1) is 8.70. The van der Waals surface area contributed by atoms with E-state index in [0.29, 0.717) is 6.04 Å². The maximum Gasteiger partial charge on any atom is 0.0453 e. The monoisotopic (exact) mass is 285 g/mol. The molecule has 1 heterocycles. The number of rotatable bonds is 3. The number of aryl methyl sites for hydroxylation is 1. The van der Waals surface area contributed by atoms with Crippen molar-refractivity contribution in [2.75, 3.05) is 12.4 Å². The third kappa shape index (κ3) is 3.63. The molecule has 3 heteroatoms. The summed E-state index contributed by atoms with van der Waals surface area (Å²) in [6.07, 6.45) is 5.12. The lowest BCUT2D eigenvalue weighted by molar-refractivity contribution is 0.207. The van der Waals surface area contributed by atoms with Crippen LogP contribution in [-0.4, -0.2) is 23.4 Å². The minimum atomic E-state index is 0.506. The second kappa shape index (κ2) is 6.79. The van der Waals surface area contributed by atoms with Crippen molar-refractivity contribution in [2.24, 2.45) is 0 Å². The van der Waals surface area contributed by atoms with Crippen molar-refractivity contribution in [3.63, 3.8) is 0 Å². The van der Waals surface area contributed by atoms with Crippen LogP contribution >= 0.6 is 23.2 Å². The number of likely N-dealkylation sites (tertiary alicyclic amines) is 1. The van der Waals surface area contributed by atoms with Crippen molar-refractivity contribution in [1.29, 1.82) is 0 Å². The molecule has 18 heavy (non-hydrogen) atoms. The standard InChI is InChI=1S/C15H21Cl2N/c1-12-6-7-13(15(17)9-12)11-18-8-4-2-3-5-14(18)10-16/h6-7,9,14H,2-5,8,10-11H2,1H3. The van der Waals surface area contributed by atoms with Crippen molar-refractivity contribution in [3.8, 4) is 0 Å². The fourth-order valence-electron chi connectivity index (χ4n) is 2.62. The van der Waals surface area contributed by atoms with E-state index in [1.165, 1.54) is 36.8 Å². The molecule has 0 aliphatic carbocycles. The first-order valence-electron chi connectivity index (χ1n) is 6.75. The Hall–Kier alpha value is -0.240. The van der Waals surface area contributed by atoms with Gasteiger partial charge >= 0.3 is 0 Å². The van der Waals surface area contributed by atoms with Crippen molar-refractivity contribution < 1.29 is 0 Å². The molecule has 1 fully saturated rings. The van der Waals surface area contributed by atoms with E-state index in [1.807, 2.05) is 6.07 Å². The van der Waals surface area contributed by atoms with Gasteiger partial charge in [0.05, 0.1) is 0 Å². The fourth-order valence-corrected chi connectivity index (χ4v) is 3.26. The van der Waals surface area contributed by atoms with Gasteiger partial charge in [-0.3, -0.25) is 4.90 Å². The molecular weight excluding hydrogens is 265 g/mol. The average Bonchev–Trinajstić information content (AvgIpc) is 2.57. The van der Waals surface area contributed by atoms with Crippen molar-refractivity contribution >= 4 is 23.2 Å². The minimum absolute atomic E-state index is 0.506. The van der Waals surface area contributed by atoms with E-state index in [9.17, 15) is 0 Å². The molecule has 1 unspecified atom stereocenters. The highest BCUT2D eigenvalue weighted by Gasteiger charge is 2.20. The maximum absolute atomic E-state index is 6.32. The van der Waals surface area contributed by atoms with Gasteiger partial charge in [-0.25, -0.2) is 0 Å². The van der Waals surface area contributed by atoms with Gasteiger partial charge in [0.25, 0.3) is 0 Å². The van der Waals surface area contributed by atoms with Gasteiger partial charge in [0.1, 0.15) is 0 Å². The summed E-state index contributed by atoms with van der Waals surface area (Å²) in [5, 5.41) is 0.882. The Labute approximate surface area is 120 Å². The zero-order valence-electron chi connectivity index (χ0n) is 11.0. The summed E-state index contributed by atoms with van der Waals surface area (Å²) >= 11 is 12.4. The number of halogens is 2. The molecule has 1 aromatic rings. The maximum atomic E-state index is 6.32. The predicted octanol–water partition coefficient (Wildman–Crippen LogP) is 4.63. The highest BCUT2D eigenvalue weighted by molar-refractivity contribution is 6.31. The number of alkyl halides is 1. The Morgan fingerprint density at radius 3 is 2.83 bits per heavy atom. The molecule has 0 N–H and O–H groups in total. The molecule has 0 amide bonds. The second-order valence-corrected chi connectivity index (χ2v) is 5.94. The van der Waals surface area contributed by atoms with Crippen LogP contribution in [0.25, 0.3) is 0 Å². The topological polar surface area (TPSA) is 3.24 Å². The smallest absolute Gasteiger partial charge is 0.0453 e. The molecule has 1 saturated heterocycles. The van der Waals surface area contributed by atoms with E-state index in [0.717, 1.165) is 24.0 Å². The fraction of sp³-hybridized carbons (Fsp3) is 0.600. The first kappa shape index (κ1) is 14.2. The number of benzene rings is 1. The summed E-state index contributed by atoms with van der Waals surface area (Å²) in [6, 6.07) is 6.83. The Morgan fingerprint density at radius 1 is 1.28 bits per heavy atom. The molecule has 2 rings (SSSR count). The van der Waals surface area contributed by atoms with Crippen molar-refractivity contribution in [3.05, 3.63) is 34.3 Å². The first-order valence-corrected chi connectivity index (χ1v) is 7.67. The summed E-state index contributed by atoms with van der Waals surface area (Å²) < 4.78 is 0.